The zero-order valence-corrected chi connectivity index (χ0v) is 11.0. The first-order chi connectivity index (χ1) is 8.13. The average molecular weight is 264 g/mol. The van der Waals surface area contributed by atoms with Gasteiger partial charge in [-0.25, -0.2) is 4.68 Å². The molecule has 0 unspecified atom stereocenters. The van der Waals surface area contributed by atoms with E-state index in [1.807, 2.05) is 43.5 Å². The summed E-state index contributed by atoms with van der Waals surface area (Å²) in [5.41, 5.74) is 2.68. The summed E-state index contributed by atoms with van der Waals surface area (Å²) < 4.78 is 1.80. The van der Waals surface area contributed by atoms with Crippen molar-refractivity contribution in [3.05, 3.63) is 40.7 Å². The summed E-state index contributed by atoms with van der Waals surface area (Å²) in [5.74, 6) is 0. The van der Waals surface area contributed by atoms with E-state index < -0.39 is 0 Å². The van der Waals surface area contributed by atoms with Gasteiger partial charge in [-0.05, 0) is 49.9 Å². The monoisotopic (exact) mass is 263 g/mol. The zero-order chi connectivity index (χ0) is 12.4. The van der Waals surface area contributed by atoms with Crippen molar-refractivity contribution in [1.82, 2.24) is 9.78 Å². The number of nitrogens with zero attached hydrogens (tertiary/aromatic N) is 3. The lowest BCUT2D eigenvalue weighted by atomic mass is 10.3. The minimum Gasteiger partial charge on any atom is -0.236 e. The molecule has 86 valence electrons. The van der Waals surface area contributed by atoms with E-state index in [9.17, 15) is 0 Å². The van der Waals surface area contributed by atoms with E-state index in [-0.39, 0.29) is 0 Å². The maximum Gasteiger partial charge on any atom is 0.138 e. The molecule has 0 radical (unpaired) electrons. The van der Waals surface area contributed by atoms with Crippen LogP contribution in [0.15, 0.2) is 29.2 Å². The maximum absolute atomic E-state index is 8.57. The van der Waals surface area contributed by atoms with Crippen molar-refractivity contribution in [2.24, 2.45) is 0 Å². The molecule has 0 N–H and O–H groups in total. The standard InChI is InChI=1S/C12H10ClN3S/c1-8-12(13)9(2)16(15-8)10-3-5-11(6-4-10)17-7-14/h3-6H,1-2H3. The van der Waals surface area contributed by atoms with Crippen molar-refractivity contribution in [3.63, 3.8) is 0 Å². The van der Waals surface area contributed by atoms with Gasteiger partial charge in [-0.1, -0.05) is 11.6 Å². The first-order valence-electron chi connectivity index (χ1n) is 5.01. The van der Waals surface area contributed by atoms with Gasteiger partial charge in [-0.3, -0.25) is 0 Å². The largest absolute Gasteiger partial charge is 0.236 e. The van der Waals surface area contributed by atoms with Gasteiger partial charge >= 0.3 is 0 Å². The Labute approximate surface area is 109 Å². The highest BCUT2D eigenvalue weighted by Gasteiger charge is 2.10. The van der Waals surface area contributed by atoms with Crippen LogP contribution in [0.5, 0.6) is 0 Å². The highest BCUT2D eigenvalue weighted by atomic mass is 35.5. The van der Waals surface area contributed by atoms with Gasteiger partial charge in [0.05, 0.1) is 22.1 Å². The van der Waals surface area contributed by atoms with Gasteiger partial charge in [0.25, 0.3) is 0 Å². The molecular formula is C12H10ClN3S. The zero-order valence-electron chi connectivity index (χ0n) is 9.44. The van der Waals surface area contributed by atoms with E-state index in [0.29, 0.717) is 5.02 Å². The van der Waals surface area contributed by atoms with Crippen LogP contribution < -0.4 is 0 Å². The number of aryl methyl sites for hydroxylation is 1. The second kappa shape index (κ2) is 4.82. The molecule has 2 rings (SSSR count). The fourth-order valence-corrected chi connectivity index (χ4v) is 2.08. The van der Waals surface area contributed by atoms with Gasteiger partial charge in [0, 0.05) is 4.90 Å². The molecule has 0 aliphatic rings. The van der Waals surface area contributed by atoms with Gasteiger partial charge in [-0.2, -0.15) is 10.4 Å². The molecule has 3 nitrogen and oxygen atoms in total. The van der Waals surface area contributed by atoms with Gasteiger partial charge in [0.2, 0.25) is 0 Å². The minimum absolute atomic E-state index is 0.695. The minimum atomic E-state index is 0.695. The molecule has 5 heteroatoms. The van der Waals surface area contributed by atoms with Crippen LogP contribution in [-0.2, 0) is 0 Å². The molecular weight excluding hydrogens is 254 g/mol. The summed E-state index contributed by atoms with van der Waals surface area (Å²) in [7, 11) is 0. The Morgan fingerprint density at radius 1 is 1.29 bits per heavy atom. The summed E-state index contributed by atoms with van der Waals surface area (Å²) in [6, 6.07) is 7.64. The van der Waals surface area contributed by atoms with Gasteiger partial charge in [0.15, 0.2) is 0 Å². The lowest BCUT2D eigenvalue weighted by Crippen LogP contribution is -1.98. The van der Waals surface area contributed by atoms with Crippen molar-refractivity contribution in [3.8, 4) is 11.1 Å². The lowest BCUT2D eigenvalue weighted by molar-refractivity contribution is 0.832. The van der Waals surface area contributed by atoms with Gasteiger partial charge in [0.1, 0.15) is 5.40 Å². The Bertz CT molecular complexity index is 581. The topological polar surface area (TPSA) is 41.6 Å². The number of thioether (sulfide) groups is 1. The highest BCUT2D eigenvalue weighted by molar-refractivity contribution is 8.03. The van der Waals surface area contributed by atoms with Crippen LogP contribution in [0, 0.1) is 24.5 Å². The van der Waals surface area contributed by atoms with Crippen LogP contribution in [0.1, 0.15) is 11.4 Å². The highest BCUT2D eigenvalue weighted by Crippen LogP contribution is 2.24. The predicted molar refractivity (Wildman–Crippen MR) is 69.5 cm³/mol. The molecule has 0 saturated heterocycles. The molecule has 0 spiro atoms. The second-order valence-electron chi connectivity index (χ2n) is 3.58. The summed E-state index contributed by atoms with van der Waals surface area (Å²) in [6.07, 6.45) is 0. The van der Waals surface area contributed by atoms with E-state index in [2.05, 4.69) is 5.10 Å². The molecule has 0 saturated carbocycles. The van der Waals surface area contributed by atoms with Crippen molar-refractivity contribution < 1.29 is 0 Å². The quantitative estimate of drug-likeness (QED) is 0.613. The molecule has 1 aromatic carbocycles. The first kappa shape index (κ1) is 12.0. The summed E-state index contributed by atoms with van der Waals surface area (Å²) in [4.78, 5) is 0.920. The molecule has 17 heavy (non-hydrogen) atoms. The SMILES string of the molecule is Cc1nn(-c2ccc(SC#N)cc2)c(C)c1Cl. The van der Waals surface area contributed by atoms with Crippen LogP contribution in [0.25, 0.3) is 5.69 Å². The Morgan fingerprint density at radius 3 is 2.41 bits per heavy atom. The first-order valence-corrected chi connectivity index (χ1v) is 6.21. The predicted octanol–water partition coefficient (Wildman–Crippen LogP) is 3.72. The fraction of sp³-hybridized carbons (Fsp3) is 0.167. The van der Waals surface area contributed by atoms with E-state index >= 15 is 0 Å². The van der Waals surface area contributed by atoms with Gasteiger partial charge < -0.3 is 0 Å². The van der Waals surface area contributed by atoms with Crippen LogP contribution in [0.3, 0.4) is 0 Å². The number of hydrogen-bond acceptors (Lipinski definition) is 3. The van der Waals surface area contributed by atoms with Crippen molar-refractivity contribution >= 4 is 23.4 Å². The maximum atomic E-state index is 8.57. The van der Waals surface area contributed by atoms with Crippen LogP contribution >= 0.6 is 23.4 Å². The third-order valence-electron chi connectivity index (χ3n) is 2.45. The molecule has 2 aromatic rings. The molecule has 0 aliphatic carbocycles. The van der Waals surface area contributed by atoms with Crippen molar-refractivity contribution in [2.45, 2.75) is 18.7 Å². The van der Waals surface area contributed by atoms with Gasteiger partial charge in [-0.15, -0.1) is 0 Å². The number of hydrogen-bond donors (Lipinski definition) is 0. The van der Waals surface area contributed by atoms with E-state index in [0.717, 1.165) is 33.7 Å². The van der Waals surface area contributed by atoms with E-state index in [1.165, 1.54) is 0 Å². The molecule has 1 aromatic heterocycles. The molecule has 0 amide bonds. The molecule has 0 aliphatic heterocycles. The fourth-order valence-electron chi connectivity index (χ4n) is 1.58. The normalized spacial score (nSPS) is 10.2. The number of aromatic nitrogens is 2. The van der Waals surface area contributed by atoms with Crippen molar-refractivity contribution in [2.75, 3.05) is 0 Å². The number of rotatable bonds is 2. The van der Waals surface area contributed by atoms with Crippen LogP contribution in [-0.4, -0.2) is 9.78 Å². The number of benzene rings is 1. The van der Waals surface area contributed by atoms with Crippen molar-refractivity contribution in [1.29, 1.82) is 5.26 Å². The van der Waals surface area contributed by atoms with Crippen LogP contribution in [0.2, 0.25) is 5.02 Å². The molecule has 0 atom stereocenters. The molecule has 1 heterocycles. The number of halogens is 1. The second-order valence-corrected chi connectivity index (χ2v) is 4.82. The van der Waals surface area contributed by atoms with E-state index in [1.54, 1.807) is 4.68 Å². The average Bonchev–Trinajstić information content (AvgIpc) is 2.59. The molecule has 0 fully saturated rings. The number of nitriles is 1. The smallest absolute Gasteiger partial charge is 0.138 e. The number of thiocyanates is 1. The van der Waals surface area contributed by atoms with E-state index in [4.69, 9.17) is 16.9 Å². The summed E-state index contributed by atoms with van der Waals surface area (Å²) >= 11 is 7.24. The lowest BCUT2D eigenvalue weighted by Gasteiger charge is -2.04. The third kappa shape index (κ3) is 2.31. The Kier molecular flexibility index (Phi) is 3.41. The Hall–Kier alpha value is -1.44. The Balaban J connectivity index is 2.40. The van der Waals surface area contributed by atoms with Crippen LogP contribution in [0.4, 0.5) is 0 Å². The molecule has 0 bridgehead atoms. The Morgan fingerprint density at radius 2 is 1.94 bits per heavy atom. The summed E-state index contributed by atoms with van der Waals surface area (Å²) in [6.45, 7) is 3.81. The third-order valence-corrected chi connectivity index (χ3v) is 3.59. The summed E-state index contributed by atoms with van der Waals surface area (Å²) in [5, 5.41) is 15.7.